The van der Waals surface area contributed by atoms with Crippen LogP contribution in [0.5, 0.6) is 0 Å². The molecule has 2 N–H and O–H groups in total. The van der Waals surface area contributed by atoms with E-state index in [4.69, 9.17) is 5.73 Å². The summed E-state index contributed by atoms with van der Waals surface area (Å²) in [6.45, 7) is 0. The first-order valence-electron chi connectivity index (χ1n) is 8.08. The SMILES string of the molecule is NC1(CC(=O)c2ccc(C3CCC3)cc2)CCCCC1. The van der Waals surface area contributed by atoms with Crippen molar-refractivity contribution in [3.8, 4) is 0 Å². The molecule has 0 spiro atoms. The van der Waals surface area contributed by atoms with Crippen LogP contribution in [0.4, 0.5) is 0 Å². The van der Waals surface area contributed by atoms with Crippen molar-refractivity contribution in [1.29, 1.82) is 0 Å². The maximum atomic E-state index is 12.4. The van der Waals surface area contributed by atoms with Gasteiger partial charge in [0.05, 0.1) is 0 Å². The molecule has 0 bridgehead atoms. The molecule has 2 nitrogen and oxygen atoms in total. The number of carbonyl (C=O) groups is 1. The highest BCUT2D eigenvalue weighted by molar-refractivity contribution is 5.96. The van der Waals surface area contributed by atoms with Gasteiger partial charge in [-0.05, 0) is 37.2 Å². The van der Waals surface area contributed by atoms with Gasteiger partial charge in [-0.3, -0.25) is 4.79 Å². The standard InChI is InChI=1S/C18H25NO/c19-18(11-2-1-3-12-18)13-17(20)16-9-7-15(8-10-16)14-5-4-6-14/h7-10,14H,1-6,11-13,19H2. The zero-order chi connectivity index (χ0) is 14.0. The third-order valence-electron chi connectivity index (χ3n) is 5.17. The fourth-order valence-corrected chi connectivity index (χ4v) is 3.54. The first kappa shape index (κ1) is 13.8. The first-order chi connectivity index (χ1) is 9.66. The Labute approximate surface area is 121 Å². The second-order valence-corrected chi connectivity index (χ2v) is 6.77. The topological polar surface area (TPSA) is 43.1 Å². The minimum absolute atomic E-state index is 0.217. The lowest BCUT2D eigenvalue weighted by atomic mass is 9.77. The number of hydrogen-bond acceptors (Lipinski definition) is 2. The van der Waals surface area contributed by atoms with E-state index in [0.717, 1.165) is 24.3 Å². The number of benzene rings is 1. The number of nitrogens with two attached hydrogens (primary N) is 1. The Hall–Kier alpha value is -1.15. The number of carbonyl (C=O) groups excluding carboxylic acids is 1. The zero-order valence-corrected chi connectivity index (χ0v) is 12.2. The third-order valence-corrected chi connectivity index (χ3v) is 5.17. The Balaban J connectivity index is 1.64. The lowest BCUT2D eigenvalue weighted by Crippen LogP contribution is -2.43. The fraction of sp³-hybridized carbons (Fsp3) is 0.611. The van der Waals surface area contributed by atoms with E-state index in [1.54, 1.807) is 0 Å². The third kappa shape index (κ3) is 2.95. The molecule has 2 heteroatoms. The molecule has 0 unspecified atom stereocenters. The maximum absolute atomic E-state index is 12.4. The molecule has 2 saturated carbocycles. The van der Waals surface area contributed by atoms with Gasteiger partial charge < -0.3 is 5.73 Å². The molecule has 2 aliphatic rings. The minimum Gasteiger partial charge on any atom is -0.325 e. The molecule has 108 valence electrons. The van der Waals surface area contributed by atoms with E-state index in [2.05, 4.69) is 12.1 Å². The lowest BCUT2D eigenvalue weighted by molar-refractivity contribution is 0.0934. The molecule has 2 fully saturated rings. The molecule has 0 amide bonds. The van der Waals surface area contributed by atoms with E-state index in [0.29, 0.717) is 6.42 Å². The Bertz CT molecular complexity index is 467. The molecule has 20 heavy (non-hydrogen) atoms. The predicted octanol–water partition coefficient (Wildman–Crippen LogP) is 4.19. The summed E-state index contributed by atoms with van der Waals surface area (Å²) in [6.07, 6.45) is 10.1. The van der Waals surface area contributed by atoms with Crippen molar-refractivity contribution < 1.29 is 4.79 Å². The van der Waals surface area contributed by atoms with Gasteiger partial charge in [0, 0.05) is 17.5 Å². The molecule has 0 aliphatic heterocycles. The van der Waals surface area contributed by atoms with Gasteiger partial charge >= 0.3 is 0 Å². The molecule has 1 aromatic rings. The fourth-order valence-electron chi connectivity index (χ4n) is 3.54. The molecule has 2 aliphatic carbocycles. The van der Waals surface area contributed by atoms with Gasteiger partial charge in [0.1, 0.15) is 0 Å². The van der Waals surface area contributed by atoms with E-state index in [1.165, 1.54) is 44.1 Å². The van der Waals surface area contributed by atoms with E-state index in [-0.39, 0.29) is 11.3 Å². The number of hydrogen-bond donors (Lipinski definition) is 1. The van der Waals surface area contributed by atoms with Crippen molar-refractivity contribution in [3.63, 3.8) is 0 Å². The first-order valence-corrected chi connectivity index (χ1v) is 8.08. The van der Waals surface area contributed by atoms with Crippen LogP contribution in [-0.2, 0) is 0 Å². The maximum Gasteiger partial charge on any atom is 0.164 e. The number of Topliss-reactive ketones (excluding diaryl/α,β-unsaturated/α-hetero) is 1. The van der Waals surface area contributed by atoms with Gasteiger partial charge in [-0.2, -0.15) is 0 Å². The molecular weight excluding hydrogens is 246 g/mol. The smallest absolute Gasteiger partial charge is 0.164 e. The molecule has 0 heterocycles. The average molecular weight is 271 g/mol. The summed E-state index contributed by atoms with van der Waals surface area (Å²) in [5.74, 6) is 0.952. The van der Waals surface area contributed by atoms with Crippen molar-refractivity contribution in [2.45, 2.75) is 69.2 Å². The normalized spacial score (nSPS) is 22.2. The second-order valence-electron chi connectivity index (χ2n) is 6.77. The second kappa shape index (κ2) is 5.69. The summed E-state index contributed by atoms with van der Waals surface area (Å²) in [5.41, 5.74) is 8.37. The van der Waals surface area contributed by atoms with Crippen molar-refractivity contribution in [2.75, 3.05) is 0 Å². The van der Waals surface area contributed by atoms with Gasteiger partial charge in [0.2, 0.25) is 0 Å². The van der Waals surface area contributed by atoms with E-state index >= 15 is 0 Å². The van der Waals surface area contributed by atoms with Crippen molar-refractivity contribution in [2.24, 2.45) is 5.73 Å². The van der Waals surface area contributed by atoms with Crippen LogP contribution < -0.4 is 5.73 Å². The molecule has 0 aromatic heterocycles. The zero-order valence-electron chi connectivity index (χ0n) is 12.2. The van der Waals surface area contributed by atoms with Gasteiger partial charge in [0.25, 0.3) is 0 Å². The van der Waals surface area contributed by atoms with Crippen molar-refractivity contribution >= 4 is 5.78 Å². The van der Waals surface area contributed by atoms with Crippen LogP contribution >= 0.6 is 0 Å². The molecule has 0 atom stereocenters. The van der Waals surface area contributed by atoms with Crippen molar-refractivity contribution in [3.05, 3.63) is 35.4 Å². The highest BCUT2D eigenvalue weighted by atomic mass is 16.1. The molecule has 3 rings (SSSR count). The molecule has 1 aromatic carbocycles. The number of ketones is 1. The van der Waals surface area contributed by atoms with Crippen LogP contribution in [0.2, 0.25) is 0 Å². The minimum atomic E-state index is -0.248. The Morgan fingerprint density at radius 1 is 1.05 bits per heavy atom. The lowest BCUT2D eigenvalue weighted by Gasteiger charge is -2.32. The summed E-state index contributed by atoms with van der Waals surface area (Å²) in [5, 5.41) is 0. The van der Waals surface area contributed by atoms with Gasteiger partial charge in [-0.25, -0.2) is 0 Å². The van der Waals surface area contributed by atoms with Gasteiger partial charge in [0.15, 0.2) is 5.78 Å². The van der Waals surface area contributed by atoms with Crippen LogP contribution in [0.3, 0.4) is 0 Å². The molecular formula is C18H25NO. The largest absolute Gasteiger partial charge is 0.325 e. The van der Waals surface area contributed by atoms with E-state index in [1.807, 2.05) is 12.1 Å². The van der Waals surface area contributed by atoms with Crippen molar-refractivity contribution in [1.82, 2.24) is 0 Å². The summed E-state index contributed by atoms with van der Waals surface area (Å²) in [7, 11) is 0. The summed E-state index contributed by atoms with van der Waals surface area (Å²) < 4.78 is 0. The predicted molar refractivity (Wildman–Crippen MR) is 82.0 cm³/mol. The van der Waals surface area contributed by atoms with E-state index < -0.39 is 0 Å². The van der Waals surface area contributed by atoms with Crippen LogP contribution in [0.1, 0.15) is 79.6 Å². The Kier molecular flexibility index (Phi) is 3.93. The number of rotatable bonds is 4. The summed E-state index contributed by atoms with van der Waals surface area (Å²) in [4.78, 5) is 12.4. The Morgan fingerprint density at radius 3 is 2.25 bits per heavy atom. The molecule has 0 radical (unpaired) electrons. The van der Waals surface area contributed by atoms with Gasteiger partial charge in [-0.1, -0.05) is 49.9 Å². The average Bonchev–Trinajstić information content (AvgIpc) is 2.38. The van der Waals surface area contributed by atoms with Crippen LogP contribution in [0, 0.1) is 0 Å². The summed E-state index contributed by atoms with van der Waals surface area (Å²) >= 11 is 0. The van der Waals surface area contributed by atoms with Crippen LogP contribution in [0.15, 0.2) is 24.3 Å². The Morgan fingerprint density at radius 2 is 1.70 bits per heavy atom. The highest BCUT2D eigenvalue weighted by Crippen LogP contribution is 2.36. The summed E-state index contributed by atoms with van der Waals surface area (Å²) in [6, 6.07) is 8.28. The van der Waals surface area contributed by atoms with Crippen LogP contribution in [0.25, 0.3) is 0 Å². The highest BCUT2D eigenvalue weighted by Gasteiger charge is 2.30. The molecule has 0 saturated heterocycles. The van der Waals surface area contributed by atoms with E-state index in [9.17, 15) is 4.79 Å². The monoisotopic (exact) mass is 271 g/mol. The van der Waals surface area contributed by atoms with Gasteiger partial charge in [-0.15, -0.1) is 0 Å². The van der Waals surface area contributed by atoms with Crippen LogP contribution in [-0.4, -0.2) is 11.3 Å². The quantitative estimate of drug-likeness (QED) is 0.834.